The summed E-state index contributed by atoms with van der Waals surface area (Å²) in [4.78, 5) is 23.0. The monoisotopic (exact) mass is 281 g/mol. The first-order valence-corrected chi connectivity index (χ1v) is 7.82. The van der Waals surface area contributed by atoms with Crippen LogP contribution in [0.5, 0.6) is 0 Å². The van der Waals surface area contributed by atoms with Gasteiger partial charge in [-0.1, -0.05) is 25.1 Å². The lowest BCUT2D eigenvalue weighted by atomic mass is 9.57. The number of nitrogens with zero attached hydrogens (tertiary/aromatic N) is 1. The lowest BCUT2D eigenvalue weighted by Crippen LogP contribution is -2.40. The summed E-state index contributed by atoms with van der Waals surface area (Å²) in [7, 11) is 0. The Morgan fingerprint density at radius 1 is 1.29 bits per heavy atom. The van der Waals surface area contributed by atoms with Crippen LogP contribution in [-0.2, 0) is 4.79 Å². The molecule has 2 fully saturated rings. The maximum absolute atomic E-state index is 12.3. The van der Waals surface area contributed by atoms with Crippen LogP contribution in [0, 0.1) is 22.2 Å². The van der Waals surface area contributed by atoms with Crippen LogP contribution in [0.4, 0.5) is 5.69 Å². The molecule has 1 aromatic rings. The molecular weight excluding hydrogens is 262 g/mol. The number of rotatable bonds is 1. The Morgan fingerprint density at radius 3 is 2.95 bits per heavy atom. The summed E-state index contributed by atoms with van der Waals surface area (Å²) in [5.41, 5.74) is 2.85. The molecule has 4 atom stereocenters. The van der Waals surface area contributed by atoms with Crippen LogP contribution in [0.25, 0.3) is 6.08 Å². The predicted octanol–water partition coefficient (Wildman–Crippen LogP) is 4.59. The second kappa shape index (κ2) is 4.36. The van der Waals surface area contributed by atoms with Gasteiger partial charge in [-0.25, -0.2) is 0 Å². The fourth-order valence-corrected chi connectivity index (χ4v) is 4.91. The van der Waals surface area contributed by atoms with Crippen molar-refractivity contribution in [2.24, 2.45) is 22.4 Å². The van der Waals surface area contributed by atoms with Crippen LogP contribution in [0.1, 0.15) is 49.7 Å². The van der Waals surface area contributed by atoms with Crippen LogP contribution in [0.2, 0.25) is 0 Å². The number of carbonyl (C=O) groups is 1. The van der Waals surface area contributed by atoms with Gasteiger partial charge in [0.25, 0.3) is 0 Å². The van der Waals surface area contributed by atoms with Crippen LogP contribution < -0.4 is 0 Å². The molecule has 0 aliphatic heterocycles. The van der Waals surface area contributed by atoms with Gasteiger partial charge in [-0.2, -0.15) is 0 Å². The molecule has 3 nitrogen and oxygen atoms in total. The van der Waals surface area contributed by atoms with Crippen LogP contribution in [0.15, 0.2) is 29.5 Å². The first-order chi connectivity index (χ1) is 10.1. The van der Waals surface area contributed by atoms with Gasteiger partial charge < -0.3 is 0 Å². The van der Waals surface area contributed by atoms with Gasteiger partial charge in [-0.15, -0.1) is 4.91 Å². The van der Waals surface area contributed by atoms with Crippen molar-refractivity contribution in [3.63, 3.8) is 0 Å². The van der Waals surface area contributed by atoms with E-state index in [1.165, 1.54) is 5.56 Å². The van der Waals surface area contributed by atoms with E-state index in [1.807, 2.05) is 12.1 Å². The SMILES string of the molecule is CC12CCC3c4ccc(N=O)cc4C=CC3C1CCC2=O. The molecule has 4 rings (SSSR count). The van der Waals surface area contributed by atoms with Crippen molar-refractivity contribution in [3.05, 3.63) is 40.3 Å². The molecule has 0 radical (unpaired) electrons. The molecule has 4 unspecified atom stereocenters. The Morgan fingerprint density at radius 2 is 2.14 bits per heavy atom. The van der Waals surface area contributed by atoms with E-state index < -0.39 is 0 Å². The summed E-state index contributed by atoms with van der Waals surface area (Å²) in [6.07, 6.45) is 8.25. The van der Waals surface area contributed by atoms with E-state index in [4.69, 9.17) is 0 Å². The molecule has 0 heterocycles. The fourth-order valence-electron chi connectivity index (χ4n) is 4.91. The average molecular weight is 281 g/mol. The van der Waals surface area contributed by atoms with Crippen molar-refractivity contribution in [1.29, 1.82) is 0 Å². The first kappa shape index (κ1) is 12.9. The second-order valence-corrected chi connectivity index (χ2v) is 6.97. The van der Waals surface area contributed by atoms with E-state index in [0.29, 0.717) is 29.2 Å². The van der Waals surface area contributed by atoms with Gasteiger partial charge in [0.1, 0.15) is 11.5 Å². The summed E-state index contributed by atoms with van der Waals surface area (Å²) >= 11 is 0. The quantitative estimate of drug-likeness (QED) is 0.707. The average Bonchev–Trinajstić information content (AvgIpc) is 2.82. The maximum Gasteiger partial charge on any atom is 0.139 e. The van der Waals surface area contributed by atoms with Gasteiger partial charge in [0.05, 0.1) is 0 Å². The van der Waals surface area contributed by atoms with Gasteiger partial charge in [0.2, 0.25) is 0 Å². The summed E-state index contributed by atoms with van der Waals surface area (Å²) in [6, 6.07) is 5.75. The summed E-state index contributed by atoms with van der Waals surface area (Å²) in [6.45, 7) is 2.17. The van der Waals surface area contributed by atoms with Crippen molar-refractivity contribution in [2.75, 3.05) is 0 Å². The Labute approximate surface area is 124 Å². The number of carbonyl (C=O) groups excluding carboxylic acids is 1. The van der Waals surface area contributed by atoms with E-state index in [9.17, 15) is 9.70 Å². The van der Waals surface area contributed by atoms with Crippen molar-refractivity contribution < 1.29 is 4.79 Å². The largest absolute Gasteiger partial charge is 0.299 e. The third-order valence-corrected chi connectivity index (χ3v) is 6.11. The number of nitroso groups, excluding NO2 is 1. The number of benzene rings is 1. The van der Waals surface area contributed by atoms with Gasteiger partial charge >= 0.3 is 0 Å². The van der Waals surface area contributed by atoms with E-state index in [2.05, 4.69) is 30.3 Å². The molecule has 3 heteroatoms. The number of fused-ring (bicyclic) bond motifs is 5. The van der Waals surface area contributed by atoms with Gasteiger partial charge in [0, 0.05) is 11.8 Å². The van der Waals surface area contributed by atoms with Crippen molar-refractivity contribution in [2.45, 2.75) is 38.5 Å². The highest BCUT2D eigenvalue weighted by Crippen LogP contribution is 2.58. The molecule has 21 heavy (non-hydrogen) atoms. The smallest absolute Gasteiger partial charge is 0.139 e. The van der Waals surface area contributed by atoms with E-state index in [-0.39, 0.29) is 5.41 Å². The molecule has 0 saturated heterocycles. The Kier molecular flexibility index (Phi) is 2.69. The second-order valence-electron chi connectivity index (χ2n) is 6.97. The number of ketones is 1. The molecular formula is C18H19NO2. The highest BCUT2D eigenvalue weighted by Gasteiger charge is 2.53. The molecule has 108 valence electrons. The molecule has 3 aliphatic rings. The van der Waals surface area contributed by atoms with E-state index in [1.54, 1.807) is 0 Å². The minimum Gasteiger partial charge on any atom is -0.299 e. The number of allylic oxidation sites excluding steroid dienone is 1. The van der Waals surface area contributed by atoms with Crippen molar-refractivity contribution >= 4 is 17.5 Å². The normalized spacial score (nSPS) is 36.8. The Balaban J connectivity index is 1.75. The molecule has 0 N–H and O–H groups in total. The molecule has 1 aromatic carbocycles. The molecule has 0 amide bonds. The number of Topliss-reactive ketones (excluding diaryl/α,β-unsaturated/α-hetero) is 1. The molecule has 2 saturated carbocycles. The zero-order valence-electron chi connectivity index (χ0n) is 12.2. The van der Waals surface area contributed by atoms with E-state index in [0.717, 1.165) is 31.2 Å². The maximum atomic E-state index is 12.3. The van der Waals surface area contributed by atoms with Gasteiger partial charge in [-0.3, -0.25) is 4.79 Å². The Hall–Kier alpha value is -1.77. The lowest BCUT2D eigenvalue weighted by Gasteiger charge is -2.46. The lowest BCUT2D eigenvalue weighted by molar-refractivity contribution is -0.128. The minimum absolute atomic E-state index is 0.104. The van der Waals surface area contributed by atoms with Crippen LogP contribution in [0.3, 0.4) is 0 Å². The zero-order valence-corrected chi connectivity index (χ0v) is 12.2. The van der Waals surface area contributed by atoms with Gasteiger partial charge in [-0.05, 0) is 65.5 Å². The highest BCUT2D eigenvalue weighted by molar-refractivity contribution is 5.87. The number of hydrogen-bond donors (Lipinski definition) is 0. The first-order valence-electron chi connectivity index (χ1n) is 7.82. The molecule has 0 bridgehead atoms. The summed E-state index contributed by atoms with van der Waals surface area (Å²) in [5, 5.41) is 3.03. The third-order valence-electron chi connectivity index (χ3n) is 6.11. The molecule has 0 aromatic heterocycles. The zero-order chi connectivity index (χ0) is 14.6. The Bertz CT molecular complexity index is 663. The van der Waals surface area contributed by atoms with Crippen LogP contribution >= 0.6 is 0 Å². The van der Waals surface area contributed by atoms with Crippen LogP contribution in [-0.4, -0.2) is 5.78 Å². The van der Waals surface area contributed by atoms with Crippen molar-refractivity contribution in [3.8, 4) is 0 Å². The topological polar surface area (TPSA) is 46.5 Å². The fraction of sp³-hybridized carbons (Fsp3) is 0.500. The standard InChI is InChI=1S/C18H19NO2/c1-18-9-8-14-13-5-3-12(19-21)10-11(13)2-4-15(14)16(18)6-7-17(18)20/h2-5,10,14-16H,6-9H2,1H3. The van der Waals surface area contributed by atoms with Crippen molar-refractivity contribution in [1.82, 2.24) is 0 Å². The molecule has 3 aliphatic carbocycles. The highest BCUT2D eigenvalue weighted by atomic mass is 16.3. The predicted molar refractivity (Wildman–Crippen MR) is 82.2 cm³/mol. The summed E-state index contributed by atoms with van der Waals surface area (Å²) < 4.78 is 0. The third kappa shape index (κ3) is 1.69. The number of hydrogen-bond acceptors (Lipinski definition) is 3. The van der Waals surface area contributed by atoms with E-state index >= 15 is 0 Å². The summed E-state index contributed by atoms with van der Waals surface area (Å²) in [5.74, 6) is 1.91. The van der Waals surface area contributed by atoms with Gasteiger partial charge in [0.15, 0.2) is 0 Å². The molecule has 0 spiro atoms. The minimum atomic E-state index is -0.104.